The standard InChI is InChI=1S/C19H18ClNO4/c1-3-11-25-15-8-5-13(6-9-15)18(22)21-14-7-10-17(20)16(12-14)19(23)24-4-2/h3,5-10,12H,1,4,11H2,2H3,(H,21,22). The van der Waals surface area contributed by atoms with Crippen molar-refractivity contribution in [1.29, 1.82) is 0 Å². The molecule has 2 aromatic carbocycles. The molecule has 0 saturated heterocycles. The third-order valence-corrected chi connectivity index (χ3v) is 3.53. The second-order valence-electron chi connectivity index (χ2n) is 4.99. The van der Waals surface area contributed by atoms with Crippen LogP contribution in [0, 0.1) is 0 Å². The van der Waals surface area contributed by atoms with Gasteiger partial charge in [-0.1, -0.05) is 24.3 Å². The van der Waals surface area contributed by atoms with E-state index in [0.29, 0.717) is 23.6 Å². The highest BCUT2D eigenvalue weighted by Gasteiger charge is 2.14. The minimum Gasteiger partial charge on any atom is -0.490 e. The van der Waals surface area contributed by atoms with Crippen LogP contribution < -0.4 is 10.1 Å². The zero-order valence-electron chi connectivity index (χ0n) is 13.8. The van der Waals surface area contributed by atoms with E-state index in [1.807, 2.05) is 0 Å². The van der Waals surface area contributed by atoms with Gasteiger partial charge < -0.3 is 14.8 Å². The summed E-state index contributed by atoms with van der Waals surface area (Å²) in [5, 5.41) is 2.99. The molecule has 0 aromatic heterocycles. The molecule has 0 aliphatic heterocycles. The van der Waals surface area contributed by atoms with Gasteiger partial charge in [0.15, 0.2) is 0 Å². The summed E-state index contributed by atoms with van der Waals surface area (Å²) in [5.41, 5.74) is 1.11. The molecular formula is C19H18ClNO4. The fraction of sp³-hybridized carbons (Fsp3) is 0.158. The first-order valence-corrected chi connectivity index (χ1v) is 8.04. The van der Waals surface area contributed by atoms with Gasteiger partial charge in [0.2, 0.25) is 0 Å². The number of nitrogens with one attached hydrogen (secondary N) is 1. The van der Waals surface area contributed by atoms with E-state index in [4.69, 9.17) is 21.1 Å². The smallest absolute Gasteiger partial charge is 0.339 e. The van der Waals surface area contributed by atoms with Crippen molar-refractivity contribution in [2.45, 2.75) is 6.92 Å². The number of carbonyl (C=O) groups is 2. The Hall–Kier alpha value is -2.79. The first-order valence-electron chi connectivity index (χ1n) is 7.67. The van der Waals surface area contributed by atoms with Crippen LogP contribution in [-0.2, 0) is 4.74 Å². The zero-order valence-corrected chi connectivity index (χ0v) is 14.5. The number of carbonyl (C=O) groups excluding carboxylic acids is 2. The molecule has 2 rings (SSSR count). The highest BCUT2D eigenvalue weighted by molar-refractivity contribution is 6.33. The van der Waals surface area contributed by atoms with Crippen molar-refractivity contribution < 1.29 is 19.1 Å². The number of ether oxygens (including phenoxy) is 2. The van der Waals surface area contributed by atoms with Crippen LogP contribution >= 0.6 is 11.6 Å². The molecule has 0 atom stereocenters. The monoisotopic (exact) mass is 359 g/mol. The van der Waals surface area contributed by atoms with Crippen LogP contribution in [0.1, 0.15) is 27.6 Å². The summed E-state index contributed by atoms with van der Waals surface area (Å²) < 4.78 is 10.3. The SMILES string of the molecule is C=CCOc1ccc(C(=O)Nc2ccc(Cl)c(C(=O)OCC)c2)cc1. The molecule has 0 unspecified atom stereocenters. The Morgan fingerprint density at radius 2 is 1.92 bits per heavy atom. The minimum absolute atomic E-state index is 0.203. The van der Waals surface area contributed by atoms with Crippen LogP contribution in [0.4, 0.5) is 5.69 Å². The van der Waals surface area contributed by atoms with E-state index >= 15 is 0 Å². The average Bonchev–Trinajstić information content (AvgIpc) is 2.62. The lowest BCUT2D eigenvalue weighted by atomic mass is 10.1. The predicted molar refractivity (Wildman–Crippen MR) is 97.5 cm³/mol. The maximum Gasteiger partial charge on any atom is 0.339 e. The second kappa shape index (κ2) is 8.89. The second-order valence-corrected chi connectivity index (χ2v) is 5.40. The van der Waals surface area contributed by atoms with Crippen molar-refractivity contribution in [3.05, 3.63) is 71.3 Å². The van der Waals surface area contributed by atoms with E-state index in [-0.39, 0.29) is 23.1 Å². The Bertz CT molecular complexity index is 771. The van der Waals surface area contributed by atoms with E-state index < -0.39 is 5.97 Å². The number of hydrogen-bond donors (Lipinski definition) is 1. The van der Waals surface area contributed by atoms with Crippen LogP contribution in [0.2, 0.25) is 5.02 Å². The van der Waals surface area contributed by atoms with E-state index in [9.17, 15) is 9.59 Å². The lowest BCUT2D eigenvalue weighted by Gasteiger charge is -2.09. The summed E-state index contributed by atoms with van der Waals surface area (Å²) in [6.45, 7) is 5.92. The maximum absolute atomic E-state index is 12.3. The lowest BCUT2D eigenvalue weighted by molar-refractivity contribution is 0.0526. The Labute approximate surface area is 151 Å². The molecule has 0 heterocycles. The van der Waals surface area contributed by atoms with Gasteiger partial charge in [-0.05, 0) is 49.4 Å². The summed E-state index contributed by atoms with van der Waals surface area (Å²) in [5.74, 6) is -0.202. The van der Waals surface area contributed by atoms with Gasteiger partial charge in [0.25, 0.3) is 5.91 Å². The third kappa shape index (κ3) is 5.09. The highest BCUT2D eigenvalue weighted by Crippen LogP contribution is 2.22. The molecule has 0 aliphatic carbocycles. The van der Waals surface area contributed by atoms with Gasteiger partial charge in [-0.25, -0.2) is 4.79 Å². The average molecular weight is 360 g/mol. The molecule has 0 aliphatic rings. The minimum atomic E-state index is -0.535. The molecule has 0 spiro atoms. The molecule has 6 heteroatoms. The number of benzene rings is 2. The van der Waals surface area contributed by atoms with Gasteiger partial charge in [-0.2, -0.15) is 0 Å². The molecule has 0 bridgehead atoms. The lowest BCUT2D eigenvalue weighted by Crippen LogP contribution is -2.13. The largest absolute Gasteiger partial charge is 0.490 e. The topological polar surface area (TPSA) is 64.6 Å². The van der Waals surface area contributed by atoms with Crippen molar-refractivity contribution in [1.82, 2.24) is 0 Å². The predicted octanol–water partition coefficient (Wildman–Crippen LogP) is 4.33. The Kier molecular flexibility index (Phi) is 6.60. The molecule has 2 aromatic rings. The van der Waals surface area contributed by atoms with Crippen LogP contribution in [0.3, 0.4) is 0 Å². The van der Waals surface area contributed by atoms with Crippen LogP contribution in [-0.4, -0.2) is 25.1 Å². The summed E-state index contributed by atoms with van der Waals surface area (Å²) in [6.07, 6.45) is 1.64. The van der Waals surface area contributed by atoms with Gasteiger partial charge in [-0.15, -0.1) is 0 Å². The van der Waals surface area contributed by atoms with Crippen molar-refractivity contribution in [2.24, 2.45) is 0 Å². The van der Waals surface area contributed by atoms with E-state index in [0.717, 1.165) is 0 Å². The number of amides is 1. The van der Waals surface area contributed by atoms with E-state index in [1.165, 1.54) is 12.1 Å². The summed E-state index contributed by atoms with van der Waals surface area (Å²) in [4.78, 5) is 24.2. The fourth-order valence-corrected chi connectivity index (χ4v) is 2.22. The molecule has 0 radical (unpaired) electrons. The maximum atomic E-state index is 12.3. The Balaban J connectivity index is 2.10. The molecule has 25 heavy (non-hydrogen) atoms. The number of esters is 1. The quantitative estimate of drug-likeness (QED) is 0.590. The summed E-state index contributed by atoms with van der Waals surface area (Å²) in [6, 6.07) is 11.3. The van der Waals surface area contributed by atoms with Crippen molar-refractivity contribution in [2.75, 3.05) is 18.5 Å². The Morgan fingerprint density at radius 3 is 2.56 bits per heavy atom. The Morgan fingerprint density at radius 1 is 1.20 bits per heavy atom. The van der Waals surface area contributed by atoms with Gasteiger partial charge in [0.05, 0.1) is 17.2 Å². The molecule has 5 nitrogen and oxygen atoms in total. The molecule has 0 saturated carbocycles. The number of halogens is 1. The molecule has 1 N–H and O–H groups in total. The molecule has 130 valence electrons. The van der Waals surface area contributed by atoms with E-state index in [2.05, 4.69) is 11.9 Å². The van der Waals surface area contributed by atoms with E-state index in [1.54, 1.807) is 43.3 Å². The first kappa shape index (κ1) is 18.5. The van der Waals surface area contributed by atoms with Crippen molar-refractivity contribution in [3.63, 3.8) is 0 Å². The third-order valence-electron chi connectivity index (χ3n) is 3.20. The highest BCUT2D eigenvalue weighted by atomic mass is 35.5. The van der Waals surface area contributed by atoms with Gasteiger partial charge in [0.1, 0.15) is 12.4 Å². The van der Waals surface area contributed by atoms with Gasteiger partial charge in [-0.3, -0.25) is 4.79 Å². The van der Waals surface area contributed by atoms with Crippen LogP contribution in [0.5, 0.6) is 5.75 Å². The summed E-state index contributed by atoms with van der Waals surface area (Å²) in [7, 11) is 0. The van der Waals surface area contributed by atoms with Crippen LogP contribution in [0.15, 0.2) is 55.1 Å². The fourth-order valence-electron chi connectivity index (χ4n) is 2.03. The number of hydrogen-bond acceptors (Lipinski definition) is 4. The van der Waals surface area contributed by atoms with Gasteiger partial charge >= 0.3 is 5.97 Å². The molecule has 0 fully saturated rings. The van der Waals surface area contributed by atoms with Gasteiger partial charge in [0, 0.05) is 11.3 Å². The van der Waals surface area contributed by atoms with Crippen molar-refractivity contribution in [3.8, 4) is 5.75 Å². The van der Waals surface area contributed by atoms with Crippen molar-refractivity contribution >= 4 is 29.2 Å². The molecule has 1 amide bonds. The number of anilines is 1. The zero-order chi connectivity index (χ0) is 18.2. The number of rotatable bonds is 7. The van der Waals surface area contributed by atoms with Crippen LogP contribution in [0.25, 0.3) is 0 Å². The summed E-state index contributed by atoms with van der Waals surface area (Å²) >= 11 is 6.00. The first-order chi connectivity index (χ1) is 12.0. The molecular weight excluding hydrogens is 342 g/mol. The normalized spacial score (nSPS) is 10.0.